The zero-order valence-electron chi connectivity index (χ0n) is 23.7. The maximum Gasteiger partial charge on any atom is 0.241 e. The second-order valence-corrected chi connectivity index (χ2v) is 13.0. The SMILES string of the molecule is Cc1ccc(N2C(=O)C3CC=C4C(CC5C(=O)N(c6ccc(F)c(Cl)c6)C(=O)C5(C)C4c4ccc(CO)o4)C3C2=O)cc1Cl. The van der Waals surface area contributed by atoms with Crippen molar-refractivity contribution < 1.29 is 33.1 Å². The van der Waals surface area contributed by atoms with Crippen molar-refractivity contribution in [2.75, 3.05) is 9.80 Å². The van der Waals surface area contributed by atoms with Crippen LogP contribution >= 0.6 is 23.2 Å². The topological polar surface area (TPSA) is 108 Å². The van der Waals surface area contributed by atoms with Crippen molar-refractivity contribution in [2.24, 2.45) is 29.1 Å². The lowest BCUT2D eigenvalue weighted by Gasteiger charge is -2.48. The molecule has 6 unspecified atom stereocenters. The molecule has 11 heteroatoms. The lowest BCUT2D eigenvalue weighted by atomic mass is 9.52. The summed E-state index contributed by atoms with van der Waals surface area (Å²) in [4.78, 5) is 58.6. The van der Waals surface area contributed by atoms with Crippen LogP contribution in [-0.4, -0.2) is 28.7 Å². The van der Waals surface area contributed by atoms with Gasteiger partial charge in [0.1, 0.15) is 23.9 Å². The summed E-state index contributed by atoms with van der Waals surface area (Å²) in [5, 5.41) is 9.95. The zero-order valence-corrected chi connectivity index (χ0v) is 25.2. The van der Waals surface area contributed by atoms with E-state index in [1.165, 1.54) is 17.0 Å². The molecule has 226 valence electrons. The fourth-order valence-electron chi connectivity index (χ4n) is 7.80. The average Bonchev–Trinajstić information content (AvgIpc) is 3.62. The molecule has 4 amide bonds. The number of aliphatic hydroxyl groups is 1. The van der Waals surface area contributed by atoms with Gasteiger partial charge in [-0.25, -0.2) is 14.2 Å². The van der Waals surface area contributed by atoms with Crippen LogP contribution in [0.2, 0.25) is 10.0 Å². The number of anilines is 2. The quantitative estimate of drug-likeness (QED) is 0.280. The number of furan rings is 1. The number of carbonyl (C=O) groups excluding carboxylic acids is 4. The van der Waals surface area contributed by atoms with Crippen molar-refractivity contribution >= 4 is 58.2 Å². The molecule has 8 nitrogen and oxygen atoms in total. The molecule has 0 bridgehead atoms. The maximum atomic E-state index is 14.4. The largest absolute Gasteiger partial charge is 0.463 e. The Morgan fingerprint density at radius 1 is 0.932 bits per heavy atom. The van der Waals surface area contributed by atoms with E-state index in [9.17, 15) is 28.7 Å². The summed E-state index contributed by atoms with van der Waals surface area (Å²) in [5.41, 5.74) is 0.735. The predicted molar refractivity (Wildman–Crippen MR) is 159 cm³/mol. The van der Waals surface area contributed by atoms with Crippen molar-refractivity contribution in [1.29, 1.82) is 0 Å². The summed E-state index contributed by atoms with van der Waals surface area (Å²) in [6, 6.07) is 12.0. The van der Waals surface area contributed by atoms with E-state index in [0.717, 1.165) is 22.1 Å². The highest BCUT2D eigenvalue weighted by atomic mass is 35.5. The van der Waals surface area contributed by atoms with Gasteiger partial charge in [-0.2, -0.15) is 0 Å². The molecule has 2 aliphatic carbocycles. The maximum absolute atomic E-state index is 14.4. The number of aryl methyl sites for hydroxylation is 1. The van der Waals surface area contributed by atoms with Crippen molar-refractivity contribution in [1.82, 2.24) is 0 Å². The number of halogens is 3. The Bertz CT molecular complexity index is 1820. The summed E-state index contributed by atoms with van der Waals surface area (Å²) in [6.07, 6.45) is 2.32. The Labute approximate surface area is 262 Å². The van der Waals surface area contributed by atoms with Gasteiger partial charge in [-0.15, -0.1) is 0 Å². The molecule has 1 saturated carbocycles. The lowest BCUT2D eigenvalue weighted by Crippen LogP contribution is -2.48. The number of hydrogen-bond donors (Lipinski definition) is 1. The number of amides is 4. The zero-order chi connectivity index (χ0) is 31.2. The van der Waals surface area contributed by atoms with Gasteiger partial charge in [0, 0.05) is 5.02 Å². The molecule has 44 heavy (non-hydrogen) atoms. The fourth-order valence-corrected chi connectivity index (χ4v) is 8.15. The highest BCUT2D eigenvalue weighted by Gasteiger charge is 2.68. The molecule has 6 atom stereocenters. The number of allylic oxidation sites excluding steroid dienone is 2. The van der Waals surface area contributed by atoms with Crippen LogP contribution in [0.3, 0.4) is 0 Å². The van der Waals surface area contributed by atoms with Crippen LogP contribution in [0.4, 0.5) is 15.8 Å². The van der Waals surface area contributed by atoms with E-state index >= 15 is 0 Å². The molecule has 3 aromatic rings. The minimum absolute atomic E-state index is 0.139. The van der Waals surface area contributed by atoms with E-state index < -0.39 is 52.6 Å². The van der Waals surface area contributed by atoms with Crippen LogP contribution in [0, 0.1) is 41.8 Å². The van der Waals surface area contributed by atoms with Gasteiger partial charge in [0.25, 0.3) is 0 Å². The molecule has 2 aliphatic heterocycles. The molecule has 0 spiro atoms. The summed E-state index contributed by atoms with van der Waals surface area (Å²) in [6.45, 7) is 3.17. The van der Waals surface area contributed by atoms with Gasteiger partial charge in [-0.05, 0) is 80.6 Å². The van der Waals surface area contributed by atoms with Crippen molar-refractivity contribution in [3.8, 4) is 0 Å². The predicted octanol–water partition coefficient (Wildman–Crippen LogP) is 5.96. The van der Waals surface area contributed by atoms with Crippen LogP contribution < -0.4 is 9.80 Å². The molecular formula is C33H27Cl2FN2O6. The second-order valence-electron chi connectivity index (χ2n) is 12.2. The first-order valence-corrected chi connectivity index (χ1v) is 15.1. The second kappa shape index (κ2) is 10.1. The smallest absolute Gasteiger partial charge is 0.241 e. The van der Waals surface area contributed by atoms with Crippen molar-refractivity contribution in [3.05, 3.63) is 93.1 Å². The van der Waals surface area contributed by atoms with Gasteiger partial charge in [-0.3, -0.25) is 19.2 Å². The minimum atomic E-state index is -1.34. The number of nitrogens with zero attached hydrogens (tertiary/aromatic N) is 2. The summed E-state index contributed by atoms with van der Waals surface area (Å²) >= 11 is 12.4. The third kappa shape index (κ3) is 3.92. The molecule has 4 aliphatic rings. The van der Waals surface area contributed by atoms with Gasteiger partial charge in [0.2, 0.25) is 23.6 Å². The molecule has 1 aromatic heterocycles. The molecule has 3 heterocycles. The molecule has 0 radical (unpaired) electrons. The molecule has 2 aromatic carbocycles. The number of benzene rings is 2. The van der Waals surface area contributed by atoms with Crippen LogP contribution in [0.25, 0.3) is 0 Å². The van der Waals surface area contributed by atoms with Gasteiger partial charge in [-0.1, -0.05) is 40.9 Å². The van der Waals surface area contributed by atoms with E-state index in [2.05, 4.69) is 0 Å². The number of aliphatic hydroxyl groups excluding tert-OH is 1. The highest BCUT2D eigenvalue weighted by molar-refractivity contribution is 6.32. The first kappa shape index (κ1) is 29.0. The lowest BCUT2D eigenvalue weighted by molar-refractivity contribution is -0.131. The van der Waals surface area contributed by atoms with E-state index in [1.807, 2.05) is 13.0 Å². The first-order chi connectivity index (χ1) is 21.0. The van der Waals surface area contributed by atoms with E-state index in [4.69, 9.17) is 27.6 Å². The van der Waals surface area contributed by atoms with Gasteiger partial charge in [0.05, 0.1) is 45.5 Å². The number of carbonyl (C=O) groups is 4. The summed E-state index contributed by atoms with van der Waals surface area (Å²) in [7, 11) is 0. The van der Waals surface area contributed by atoms with Gasteiger partial charge >= 0.3 is 0 Å². The normalized spacial score (nSPS) is 29.6. The Kier molecular flexibility index (Phi) is 6.66. The van der Waals surface area contributed by atoms with Gasteiger partial charge in [0.15, 0.2) is 0 Å². The number of hydrogen-bond acceptors (Lipinski definition) is 6. The molecule has 2 saturated heterocycles. The number of imide groups is 2. The third-order valence-electron chi connectivity index (χ3n) is 9.97. The van der Waals surface area contributed by atoms with E-state index in [0.29, 0.717) is 16.5 Å². The molecular weight excluding hydrogens is 610 g/mol. The Hall–Kier alpha value is -3.79. The Balaban J connectivity index is 1.35. The first-order valence-electron chi connectivity index (χ1n) is 14.3. The van der Waals surface area contributed by atoms with Crippen LogP contribution in [-0.2, 0) is 25.8 Å². The number of fused-ring (bicyclic) bond motifs is 4. The molecule has 3 fully saturated rings. The van der Waals surface area contributed by atoms with Gasteiger partial charge < -0.3 is 9.52 Å². The fraction of sp³-hybridized carbons (Fsp3) is 0.333. The molecule has 7 rings (SSSR count). The van der Waals surface area contributed by atoms with Crippen molar-refractivity contribution in [3.63, 3.8) is 0 Å². The van der Waals surface area contributed by atoms with Crippen LogP contribution in [0.5, 0.6) is 0 Å². The standard InChI is InChI=1S/C33H27Cl2FN2O6/c1-15-3-4-16(11-23(15)34)37-29(40)20-8-7-19-21(27(20)31(37)42)13-22-30(41)38(17-5-9-25(36)24(35)12-17)32(43)33(22,2)28(19)26-10-6-18(14-39)44-26/h3-7,9-12,20-22,27-28,39H,8,13-14H2,1-2H3. The van der Waals surface area contributed by atoms with Crippen molar-refractivity contribution in [2.45, 2.75) is 39.2 Å². The summed E-state index contributed by atoms with van der Waals surface area (Å²) in [5.74, 6) is -5.38. The van der Waals surface area contributed by atoms with E-state index in [-0.39, 0.29) is 47.7 Å². The molecule has 1 N–H and O–H groups in total. The van der Waals surface area contributed by atoms with Crippen LogP contribution in [0.15, 0.2) is 64.6 Å². The third-order valence-corrected chi connectivity index (χ3v) is 10.7. The minimum Gasteiger partial charge on any atom is -0.463 e. The van der Waals surface area contributed by atoms with E-state index in [1.54, 1.807) is 37.3 Å². The summed E-state index contributed by atoms with van der Waals surface area (Å²) < 4.78 is 20.0. The average molecular weight is 637 g/mol. The Morgan fingerprint density at radius 2 is 1.64 bits per heavy atom. The van der Waals surface area contributed by atoms with Crippen LogP contribution in [0.1, 0.15) is 42.8 Å². The number of rotatable bonds is 4. The highest BCUT2D eigenvalue weighted by Crippen LogP contribution is 2.64. The monoisotopic (exact) mass is 636 g/mol. The Morgan fingerprint density at radius 3 is 2.32 bits per heavy atom.